The molecule has 0 aliphatic heterocycles. The number of hydrogen-bond acceptors (Lipinski definition) is 0. The zero-order chi connectivity index (χ0) is 16.2. The third-order valence-corrected chi connectivity index (χ3v) is 5.72. The molecule has 2 aromatic rings. The molecule has 0 radical (unpaired) electrons. The SMILES string of the molecule is CC(C)C1(C(C)C)c2cc(I)ccc2-c2cc(F)c(F)cc21. The lowest BCUT2D eigenvalue weighted by molar-refractivity contribution is 0.279. The van der Waals surface area contributed by atoms with Gasteiger partial charge in [-0.3, -0.25) is 0 Å². The molecule has 3 rings (SSSR count). The second-order valence-electron chi connectivity index (χ2n) is 6.68. The van der Waals surface area contributed by atoms with Gasteiger partial charge in [-0.2, -0.15) is 0 Å². The molecular weight excluding hydrogens is 393 g/mol. The van der Waals surface area contributed by atoms with E-state index < -0.39 is 11.6 Å². The minimum absolute atomic E-state index is 0.277. The van der Waals surface area contributed by atoms with E-state index in [1.807, 2.05) is 12.1 Å². The lowest BCUT2D eigenvalue weighted by atomic mass is 9.63. The van der Waals surface area contributed by atoms with Gasteiger partial charge in [-0.1, -0.05) is 33.8 Å². The normalized spacial score (nSPS) is 15.3. The van der Waals surface area contributed by atoms with Crippen LogP contribution in [0.3, 0.4) is 0 Å². The summed E-state index contributed by atoms with van der Waals surface area (Å²) in [7, 11) is 0. The highest BCUT2D eigenvalue weighted by atomic mass is 127. The fourth-order valence-electron chi connectivity index (χ4n) is 4.26. The minimum Gasteiger partial charge on any atom is -0.204 e. The molecule has 1 aliphatic rings. The van der Waals surface area contributed by atoms with E-state index >= 15 is 0 Å². The van der Waals surface area contributed by atoms with Crippen LogP contribution in [0.2, 0.25) is 0 Å². The van der Waals surface area contributed by atoms with Gasteiger partial charge in [0.1, 0.15) is 0 Å². The molecule has 1 aliphatic carbocycles. The summed E-state index contributed by atoms with van der Waals surface area (Å²) in [6.07, 6.45) is 0. The Bertz CT molecular complexity index is 739. The van der Waals surface area contributed by atoms with Crippen molar-refractivity contribution in [2.45, 2.75) is 33.1 Å². The van der Waals surface area contributed by atoms with E-state index in [9.17, 15) is 8.78 Å². The van der Waals surface area contributed by atoms with Gasteiger partial charge >= 0.3 is 0 Å². The molecule has 0 nitrogen and oxygen atoms in total. The Morgan fingerprint density at radius 3 is 1.95 bits per heavy atom. The van der Waals surface area contributed by atoms with Crippen molar-refractivity contribution in [3.63, 3.8) is 0 Å². The Morgan fingerprint density at radius 1 is 0.818 bits per heavy atom. The largest absolute Gasteiger partial charge is 0.204 e. The van der Waals surface area contributed by atoms with Crippen molar-refractivity contribution < 1.29 is 8.78 Å². The average Bonchev–Trinajstić information content (AvgIpc) is 2.69. The number of rotatable bonds is 2. The zero-order valence-corrected chi connectivity index (χ0v) is 15.3. The van der Waals surface area contributed by atoms with Gasteiger partial charge in [-0.05, 0) is 80.9 Å². The Hall–Kier alpha value is -0.970. The van der Waals surface area contributed by atoms with Gasteiger partial charge in [0.25, 0.3) is 0 Å². The van der Waals surface area contributed by atoms with Crippen molar-refractivity contribution in [1.82, 2.24) is 0 Å². The molecule has 0 heterocycles. The number of hydrogen-bond donors (Lipinski definition) is 0. The zero-order valence-electron chi connectivity index (χ0n) is 13.2. The predicted octanol–water partition coefficient (Wildman–Crippen LogP) is 6.15. The Kier molecular flexibility index (Phi) is 3.83. The summed E-state index contributed by atoms with van der Waals surface area (Å²) in [6.45, 7) is 8.67. The van der Waals surface area contributed by atoms with Crippen LogP contribution in [-0.2, 0) is 5.41 Å². The molecular formula is C19H19F2I. The third-order valence-electron chi connectivity index (χ3n) is 5.04. The lowest BCUT2D eigenvalue weighted by Crippen LogP contribution is -2.37. The number of fused-ring (bicyclic) bond motifs is 3. The fourth-order valence-corrected chi connectivity index (χ4v) is 4.75. The summed E-state index contributed by atoms with van der Waals surface area (Å²) >= 11 is 2.30. The molecule has 0 aromatic heterocycles. The Morgan fingerprint density at radius 2 is 1.36 bits per heavy atom. The van der Waals surface area contributed by atoms with Crippen molar-refractivity contribution in [2.24, 2.45) is 11.8 Å². The van der Waals surface area contributed by atoms with Crippen molar-refractivity contribution in [2.75, 3.05) is 0 Å². The van der Waals surface area contributed by atoms with Crippen LogP contribution in [0.5, 0.6) is 0 Å². The van der Waals surface area contributed by atoms with Crippen LogP contribution in [0, 0.1) is 27.0 Å². The Balaban J connectivity index is 2.46. The van der Waals surface area contributed by atoms with Crippen LogP contribution in [0.1, 0.15) is 38.8 Å². The quantitative estimate of drug-likeness (QED) is 0.520. The topological polar surface area (TPSA) is 0 Å². The summed E-state index contributed by atoms with van der Waals surface area (Å²) in [5, 5.41) is 0. The van der Waals surface area contributed by atoms with Gasteiger partial charge < -0.3 is 0 Å². The van der Waals surface area contributed by atoms with Crippen LogP contribution in [0.25, 0.3) is 11.1 Å². The van der Waals surface area contributed by atoms with Crippen LogP contribution in [0.15, 0.2) is 30.3 Å². The number of benzene rings is 2. The predicted molar refractivity (Wildman–Crippen MR) is 95.0 cm³/mol. The van der Waals surface area contributed by atoms with Gasteiger partial charge in [-0.15, -0.1) is 0 Å². The fraction of sp³-hybridized carbons (Fsp3) is 0.368. The maximum Gasteiger partial charge on any atom is 0.159 e. The van der Waals surface area contributed by atoms with Crippen molar-refractivity contribution in [3.05, 3.63) is 56.7 Å². The molecule has 0 bridgehead atoms. The van der Waals surface area contributed by atoms with Crippen molar-refractivity contribution >= 4 is 22.6 Å². The molecule has 0 unspecified atom stereocenters. The van der Waals surface area contributed by atoms with Crippen molar-refractivity contribution in [3.8, 4) is 11.1 Å². The first-order valence-electron chi connectivity index (χ1n) is 7.60. The monoisotopic (exact) mass is 412 g/mol. The molecule has 0 amide bonds. The maximum absolute atomic E-state index is 14.0. The highest BCUT2D eigenvalue weighted by Crippen LogP contribution is 2.56. The second kappa shape index (κ2) is 5.29. The van der Waals surface area contributed by atoms with Gasteiger partial charge in [0, 0.05) is 8.99 Å². The van der Waals surface area contributed by atoms with E-state index in [1.165, 1.54) is 17.7 Å². The van der Waals surface area contributed by atoms with E-state index in [2.05, 4.69) is 56.4 Å². The second-order valence-corrected chi connectivity index (χ2v) is 7.93. The third kappa shape index (κ3) is 1.97. The summed E-state index contributed by atoms with van der Waals surface area (Å²) in [6, 6.07) is 9.02. The smallest absolute Gasteiger partial charge is 0.159 e. The first-order valence-corrected chi connectivity index (χ1v) is 8.68. The van der Waals surface area contributed by atoms with Gasteiger partial charge in [0.05, 0.1) is 0 Å². The first-order chi connectivity index (χ1) is 10.3. The summed E-state index contributed by atoms with van der Waals surface area (Å²) < 4.78 is 28.9. The summed E-state index contributed by atoms with van der Waals surface area (Å²) in [4.78, 5) is 0. The molecule has 116 valence electrons. The number of halogens is 3. The van der Waals surface area contributed by atoms with Gasteiger partial charge in [-0.25, -0.2) is 8.78 Å². The molecule has 0 atom stereocenters. The molecule has 0 N–H and O–H groups in total. The molecule has 2 aromatic carbocycles. The van der Waals surface area contributed by atoms with E-state index in [1.54, 1.807) is 0 Å². The lowest BCUT2D eigenvalue weighted by Gasteiger charge is -2.40. The highest BCUT2D eigenvalue weighted by molar-refractivity contribution is 14.1. The van der Waals surface area contributed by atoms with Crippen LogP contribution in [0.4, 0.5) is 8.78 Å². The summed E-state index contributed by atoms with van der Waals surface area (Å²) in [5.74, 6) is -0.954. The van der Waals surface area contributed by atoms with Crippen LogP contribution >= 0.6 is 22.6 Å². The minimum atomic E-state index is -0.772. The molecule has 0 saturated carbocycles. The Labute approximate surface area is 144 Å². The van der Waals surface area contributed by atoms with Gasteiger partial charge in [0.15, 0.2) is 11.6 Å². The first kappa shape index (κ1) is 15.9. The molecule has 0 fully saturated rings. The molecule has 0 saturated heterocycles. The van der Waals surface area contributed by atoms with E-state index in [4.69, 9.17) is 0 Å². The van der Waals surface area contributed by atoms with Crippen molar-refractivity contribution in [1.29, 1.82) is 0 Å². The van der Waals surface area contributed by atoms with Crippen LogP contribution in [-0.4, -0.2) is 0 Å². The van der Waals surface area contributed by atoms with E-state index in [0.717, 1.165) is 20.3 Å². The average molecular weight is 412 g/mol. The maximum atomic E-state index is 14.0. The van der Waals surface area contributed by atoms with Crippen LogP contribution < -0.4 is 0 Å². The van der Waals surface area contributed by atoms with E-state index in [0.29, 0.717) is 0 Å². The molecule has 3 heteroatoms. The van der Waals surface area contributed by atoms with Gasteiger partial charge in [0.2, 0.25) is 0 Å². The standard InChI is InChI=1S/C19H19F2I/c1-10(2)19(11(3)4)15-7-12(22)5-6-13(15)14-8-17(20)18(21)9-16(14)19/h5-11H,1-4H3. The molecule has 0 spiro atoms. The van der Waals surface area contributed by atoms with E-state index in [-0.39, 0.29) is 17.3 Å². The summed E-state index contributed by atoms with van der Waals surface area (Å²) in [5.41, 5.74) is 3.72. The molecule has 22 heavy (non-hydrogen) atoms. The highest BCUT2D eigenvalue weighted by Gasteiger charge is 2.48.